The minimum atomic E-state index is -3.77. The summed E-state index contributed by atoms with van der Waals surface area (Å²) in [5.74, 6) is -0.129. The van der Waals surface area contributed by atoms with Gasteiger partial charge in [-0.05, 0) is 48.8 Å². The van der Waals surface area contributed by atoms with Gasteiger partial charge in [0, 0.05) is 25.6 Å². The van der Waals surface area contributed by atoms with Crippen molar-refractivity contribution >= 4 is 27.3 Å². The normalized spacial score (nSPS) is 24.1. The Morgan fingerprint density at radius 2 is 1.97 bits per heavy atom. The van der Waals surface area contributed by atoms with Crippen molar-refractivity contribution in [3.05, 3.63) is 52.9 Å². The van der Waals surface area contributed by atoms with Gasteiger partial charge in [-0.1, -0.05) is 30.3 Å². The molecule has 3 atom stereocenters. The van der Waals surface area contributed by atoms with Crippen LogP contribution < -0.4 is 0 Å². The van der Waals surface area contributed by atoms with Crippen molar-refractivity contribution in [2.24, 2.45) is 5.92 Å². The summed E-state index contributed by atoms with van der Waals surface area (Å²) in [5, 5.41) is 11.7. The molecule has 1 amide bonds. The predicted molar refractivity (Wildman–Crippen MR) is 112 cm³/mol. The molecular formula is C21H26N2O4S2. The number of likely N-dealkylation sites (tertiary alicyclic amines) is 1. The third kappa shape index (κ3) is 3.99. The number of amides is 1. The Bertz CT molecular complexity index is 972. The fraction of sp³-hybridized carbons (Fsp3) is 0.476. The Hall–Kier alpha value is -1.74. The number of sulfonamides is 1. The van der Waals surface area contributed by atoms with Gasteiger partial charge in [0.05, 0.1) is 6.10 Å². The van der Waals surface area contributed by atoms with Crippen LogP contribution in [-0.2, 0) is 27.8 Å². The van der Waals surface area contributed by atoms with Gasteiger partial charge >= 0.3 is 0 Å². The molecule has 3 heterocycles. The molecule has 156 valence electrons. The lowest BCUT2D eigenvalue weighted by atomic mass is 9.91. The molecule has 0 bridgehead atoms. The molecular weight excluding hydrogens is 408 g/mol. The molecule has 1 saturated heterocycles. The van der Waals surface area contributed by atoms with Crippen LogP contribution in [-0.4, -0.2) is 53.9 Å². The average molecular weight is 435 g/mol. The van der Waals surface area contributed by atoms with E-state index in [0.29, 0.717) is 19.5 Å². The van der Waals surface area contributed by atoms with E-state index in [-0.39, 0.29) is 22.6 Å². The molecule has 6 nitrogen and oxygen atoms in total. The van der Waals surface area contributed by atoms with E-state index in [1.165, 1.54) is 15.6 Å². The number of carbonyl (C=O) groups excluding carboxylic acids is 1. The Labute approximate surface area is 175 Å². The molecule has 4 rings (SSSR count). The number of thiophene rings is 1. The van der Waals surface area contributed by atoms with E-state index >= 15 is 0 Å². The zero-order chi connectivity index (χ0) is 20.6. The monoisotopic (exact) mass is 434 g/mol. The Morgan fingerprint density at radius 1 is 1.21 bits per heavy atom. The molecule has 0 radical (unpaired) electrons. The third-order valence-corrected chi connectivity index (χ3v) is 9.23. The van der Waals surface area contributed by atoms with Gasteiger partial charge in [-0.15, -0.1) is 11.3 Å². The summed E-state index contributed by atoms with van der Waals surface area (Å²) < 4.78 is 28.3. The minimum absolute atomic E-state index is 0.0333. The van der Waals surface area contributed by atoms with Crippen molar-refractivity contribution in [1.82, 2.24) is 9.21 Å². The number of nitrogens with zero attached hydrogens (tertiary/aromatic N) is 2. The maximum atomic E-state index is 13.5. The van der Waals surface area contributed by atoms with Crippen LogP contribution >= 0.6 is 11.3 Å². The second-order valence-corrected chi connectivity index (χ2v) is 11.0. The summed E-state index contributed by atoms with van der Waals surface area (Å²) >= 11 is 1.17. The molecule has 1 N–H and O–H groups in total. The van der Waals surface area contributed by atoms with Crippen LogP contribution in [0.25, 0.3) is 0 Å². The molecule has 2 aliphatic rings. The van der Waals surface area contributed by atoms with Crippen LogP contribution in [0.15, 0.2) is 46.0 Å². The number of benzene rings is 1. The highest BCUT2D eigenvalue weighted by atomic mass is 32.2. The van der Waals surface area contributed by atoms with Crippen molar-refractivity contribution in [3.8, 4) is 0 Å². The van der Waals surface area contributed by atoms with E-state index in [2.05, 4.69) is 0 Å². The van der Waals surface area contributed by atoms with Crippen LogP contribution in [0.1, 0.15) is 30.9 Å². The maximum absolute atomic E-state index is 13.5. The first-order valence-corrected chi connectivity index (χ1v) is 12.3. The van der Waals surface area contributed by atoms with Crippen molar-refractivity contribution in [1.29, 1.82) is 0 Å². The molecule has 0 unspecified atom stereocenters. The summed E-state index contributed by atoms with van der Waals surface area (Å²) in [6.07, 6.45) is 1.59. The first-order valence-electron chi connectivity index (χ1n) is 9.97. The van der Waals surface area contributed by atoms with Gasteiger partial charge in [0.15, 0.2) is 0 Å². The van der Waals surface area contributed by atoms with E-state index < -0.39 is 22.2 Å². The molecule has 0 saturated carbocycles. The number of aliphatic hydroxyl groups is 1. The highest BCUT2D eigenvalue weighted by Gasteiger charge is 2.42. The lowest BCUT2D eigenvalue weighted by Gasteiger charge is -2.40. The average Bonchev–Trinajstić information content (AvgIpc) is 3.28. The second-order valence-electron chi connectivity index (χ2n) is 7.90. The smallest absolute Gasteiger partial charge is 0.253 e. The van der Waals surface area contributed by atoms with Gasteiger partial charge in [-0.2, -0.15) is 4.31 Å². The Morgan fingerprint density at radius 3 is 2.66 bits per heavy atom. The zero-order valence-electron chi connectivity index (χ0n) is 16.4. The van der Waals surface area contributed by atoms with Crippen LogP contribution in [0.3, 0.4) is 0 Å². The molecule has 1 fully saturated rings. The highest BCUT2D eigenvalue weighted by molar-refractivity contribution is 7.91. The first kappa shape index (κ1) is 20.5. The van der Waals surface area contributed by atoms with Gasteiger partial charge < -0.3 is 10.0 Å². The predicted octanol–water partition coefficient (Wildman–Crippen LogP) is 2.48. The van der Waals surface area contributed by atoms with E-state index in [0.717, 1.165) is 24.0 Å². The lowest BCUT2D eigenvalue weighted by molar-refractivity contribution is -0.138. The Balaban J connectivity index is 1.68. The molecule has 2 aliphatic heterocycles. The van der Waals surface area contributed by atoms with Crippen molar-refractivity contribution in [2.75, 3.05) is 13.1 Å². The minimum Gasteiger partial charge on any atom is -0.393 e. The maximum Gasteiger partial charge on any atom is 0.253 e. The first-order chi connectivity index (χ1) is 13.9. The molecule has 8 heteroatoms. The van der Waals surface area contributed by atoms with E-state index in [1.54, 1.807) is 29.3 Å². The van der Waals surface area contributed by atoms with Gasteiger partial charge in [-0.25, -0.2) is 8.42 Å². The molecule has 29 heavy (non-hydrogen) atoms. The fourth-order valence-corrected chi connectivity index (χ4v) is 6.98. The number of piperidine rings is 1. The summed E-state index contributed by atoms with van der Waals surface area (Å²) in [6, 6.07) is 10.3. The number of aliphatic hydroxyl groups excluding tert-OH is 1. The van der Waals surface area contributed by atoms with Gasteiger partial charge in [-0.3, -0.25) is 4.79 Å². The SMILES string of the molecule is C[C@H](O)[C@@H]1CCCN(C(=O)[C@@H]2Cc3ccccc3CN2S(=O)(=O)c2cccs2)C1. The number of hydrogen-bond donors (Lipinski definition) is 1. The molecule has 2 aromatic rings. The Kier molecular flexibility index (Phi) is 5.79. The van der Waals surface area contributed by atoms with Crippen molar-refractivity contribution < 1.29 is 18.3 Å². The van der Waals surface area contributed by atoms with Crippen LogP contribution in [0.2, 0.25) is 0 Å². The summed E-state index contributed by atoms with van der Waals surface area (Å²) in [4.78, 5) is 15.2. The van der Waals surface area contributed by atoms with Crippen LogP contribution in [0.4, 0.5) is 0 Å². The number of carbonyl (C=O) groups is 1. The number of rotatable bonds is 4. The number of hydrogen-bond acceptors (Lipinski definition) is 5. The van der Waals surface area contributed by atoms with Crippen LogP contribution in [0.5, 0.6) is 0 Å². The molecule has 0 aliphatic carbocycles. The lowest BCUT2D eigenvalue weighted by Crippen LogP contribution is -2.55. The van der Waals surface area contributed by atoms with E-state index in [4.69, 9.17) is 0 Å². The van der Waals surface area contributed by atoms with Crippen molar-refractivity contribution in [2.45, 2.75) is 49.1 Å². The topological polar surface area (TPSA) is 77.9 Å². The van der Waals surface area contributed by atoms with Gasteiger partial charge in [0.1, 0.15) is 10.3 Å². The summed E-state index contributed by atoms with van der Waals surface area (Å²) in [6.45, 7) is 3.03. The molecule has 1 aromatic heterocycles. The highest BCUT2D eigenvalue weighted by Crippen LogP contribution is 2.32. The molecule has 1 aromatic carbocycles. The zero-order valence-corrected chi connectivity index (χ0v) is 18.0. The van der Waals surface area contributed by atoms with Crippen LogP contribution in [0, 0.1) is 5.92 Å². The largest absolute Gasteiger partial charge is 0.393 e. The fourth-order valence-electron chi connectivity index (χ4n) is 4.30. The van der Waals surface area contributed by atoms with Crippen molar-refractivity contribution in [3.63, 3.8) is 0 Å². The van der Waals surface area contributed by atoms with E-state index in [1.807, 2.05) is 24.3 Å². The third-order valence-electron chi connectivity index (χ3n) is 6.00. The number of fused-ring (bicyclic) bond motifs is 1. The summed E-state index contributed by atoms with van der Waals surface area (Å²) in [7, 11) is -3.77. The van der Waals surface area contributed by atoms with Gasteiger partial charge in [0.25, 0.3) is 10.0 Å². The molecule has 0 spiro atoms. The van der Waals surface area contributed by atoms with Gasteiger partial charge in [0.2, 0.25) is 5.91 Å². The quantitative estimate of drug-likeness (QED) is 0.802. The summed E-state index contributed by atoms with van der Waals surface area (Å²) in [5.41, 5.74) is 1.96. The van der Waals surface area contributed by atoms with E-state index in [9.17, 15) is 18.3 Å². The standard InChI is InChI=1S/C21H26N2O4S2/c1-15(24)17-8-4-10-22(13-17)21(25)19-12-16-6-2-3-7-18(16)14-23(19)29(26,27)20-9-5-11-28-20/h2-3,5-7,9,11,15,17,19,24H,4,8,10,12-14H2,1H3/t15-,17+,19-/m0/s1. The second kappa shape index (κ2) is 8.18.